The Morgan fingerprint density at radius 3 is 2.28 bits per heavy atom. The molecule has 0 aliphatic heterocycles. The highest BCUT2D eigenvalue weighted by Gasteiger charge is 2.33. The standard InChI is InChI=1S/C26H28F3N3O4/c1-4-5-21(18-6-8-19(9-7-18)25(35)30-12-10-23(33)34)36-20-14-16(2)24(17(3)15-20)32-13-11-22(31-32)26(27,28)29/h6-9,11,13-15,21H,4-5,10,12H2,1-3H3,(H,30,35)(H,33,34). The number of hydrogen-bond donors (Lipinski definition) is 2. The van der Waals surface area contributed by atoms with Gasteiger partial charge in [0.1, 0.15) is 11.9 Å². The molecule has 192 valence electrons. The van der Waals surface area contributed by atoms with Crippen molar-refractivity contribution in [1.29, 1.82) is 0 Å². The number of aliphatic carboxylic acids is 1. The first-order valence-corrected chi connectivity index (χ1v) is 11.5. The third-order valence-electron chi connectivity index (χ3n) is 5.57. The first-order chi connectivity index (χ1) is 17.0. The fourth-order valence-electron chi connectivity index (χ4n) is 3.90. The lowest BCUT2D eigenvalue weighted by Gasteiger charge is -2.21. The number of hydrogen-bond acceptors (Lipinski definition) is 4. The van der Waals surface area contributed by atoms with Crippen molar-refractivity contribution in [2.45, 2.75) is 52.3 Å². The second-order valence-corrected chi connectivity index (χ2v) is 8.47. The first-order valence-electron chi connectivity index (χ1n) is 11.5. The number of carboxylic acids is 1. The van der Waals surface area contributed by atoms with Crippen LogP contribution in [0.15, 0.2) is 48.7 Å². The Hall–Kier alpha value is -3.82. The van der Waals surface area contributed by atoms with Crippen LogP contribution in [0.1, 0.15) is 65.0 Å². The van der Waals surface area contributed by atoms with Crippen LogP contribution in [0.3, 0.4) is 0 Å². The Morgan fingerprint density at radius 1 is 1.11 bits per heavy atom. The molecular formula is C26H28F3N3O4. The molecule has 10 heteroatoms. The van der Waals surface area contributed by atoms with Gasteiger partial charge in [-0.1, -0.05) is 25.5 Å². The number of nitrogens with one attached hydrogen (secondary N) is 1. The molecular weight excluding hydrogens is 475 g/mol. The zero-order chi connectivity index (χ0) is 26.5. The lowest BCUT2D eigenvalue weighted by atomic mass is 10.0. The van der Waals surface area contributed by atoms with Crippen LogP contribution in [-0.2, 0) is 11.0 Å². The minimum atomic E-state index is -4.52. The number of amides is 1. The summed E-state index contributed by atoms with van der Waals surface area (Å²) in [5.74, 6) is -0.768. The third-order valence-corrected chi connectivity index (χ3v) is 5.57. The van der Waals surface area contributed by atoms with Gasteiger partial charge >= 0.3 is 12.1 Å². The summed E-state index contributed by atoms with van der Waals surface area (Å²) in [6.45, 7) is 5.64. The highest BCUT2D eigenvalue weighted by molar-refractivity contribution is 5.94. The minimum Gasteiger partial charge on any atom is -0.486 e. The summed E-state index contributed by atoms with van der Waals surface area (Å²) in [5, 5.41) is 14.9. The molecule has 3 aromatic rings. The number of carboxylic acid groups (broad SMARTS) is 1. The number of alkyl halides is 3. The lowest BCUT2D eigenvalue weighted by Crippen LogP contribution is -2.26. The predicted octanol–water partition coefficient (Wildman–Crippen LogP) is 5.63. The molecule has 0 saturated carbocycles. The maximum atomic E-state index is 13.0. The van der Waals surface area contributed by atoms with Crippen molar-refractivity contribution < 1.29 is 32.6 Å². The van der Waals surface area contributed by atoms with Crippen molar-refractivity contribution in [1.82, 2.24) is 15.1 Å². The minimum absolute atomic E-state index is 0.0439. The molecule has 1 heterocycles. The van der Waals surface area contributed by atoms with Gasteiger partial charge in [-0.3, -0.25) is 9.59 Å². The number of ether oxygens (including phenoxy) is 1. The lowest BCUT2D eigenvalue weighted by molar-refractivity contribution is -0.141. The number of halogens is 3. The van der Waals surface area contributed by atoms with E-state index in [4.69, 9.17) is 9.84 Å². The zero-order valence-corrected chi connectivity index (χ0v) is 20.2. The van der Waals surface area contributed by atoms with Crippen molar-refractivity contribution in [3.05, 3.63) is 76.6 Å². The molecule has 7 nitrogen and oxygen atoms in total. The number of aryl methyl sites for hydroxylation is 2. The Balaban J connectivity index is 1.77. The Kier molecular flexibility index (Phi) is 8.39. The average Bonchev–Trinajstić information content (AvgIpc) is 3.28. The number of carbonyl (C=O) groups is 2. The van der Waals surface area contributed by atoms with E-state index in [1.165, 1.54) is 10.9 Å². The van der Waals surface area contributed by atoms with Crippen molar-refractivity contribution in [3.63, 3.8) is 0 Å². The number of carbonyl (C=O) groups excluding carboxylic acids is 1. The van der Waals surface area contributed by atoms with Crippen LogP contribution in [0.4, 0.5) is 13.2 Å². The van der Waals surface area contributed by atoms with Crippen molar-refractivity contribution >= 4 is 11.9 Å². The molecule has 1 amide bonds. The second-order valence-electron chi connectivity index (χ2n) is 8.47. The molecule has 0 radical (unpaired) electrons. The van der Waals surface area contributed by atoms with Gasteiger partial charge in [0.25, 0.3) is 5.91 Å². The van der Waals surface area contributed by atoms with E-state index in [0.717, 1.165) is 18.1 Å². The Bertz CT molecular complexity index is 1200. The Labute approximate surface area is 206 Å². The molecule has 0 aliphatic carbocycles. The topological polar surface area (TPSA) is 93.5 Å². The van der Waals surface area contributed by atoms with Gasteiger partial charge in [-0.15, -0.1) is 0 Å². The van der Waals surface area contributed by atoms with E-state index in [1.807, 2.05) is 6.92 Å². The van der Waals surface area contributed by atoms with Crippen molar-refractivity contribution in [2.24, 2.45) is 0 Å². The number of benzene rings is 2. The monoisotopic (exact) mass is 503 g/mol. The molecule has 0 fully saturated rings. The normalized spacial score (nSPS) is 12.3. The number of nitrogens with zero attached hydrogens (tertiary/aromatic N) is 2. The van der Waals surface area contributed by atoms with Gasteiger partial charge in [-0.05, 0) is 67.3 Å². The summed E-state index contributed by atoms with van der Waals surface area (Å²) in [7, 11) is 0. The van der Waals surface area contributed by atoms with E-state index in [9.17, 15) is 22.8 Å². The van der Waals surface area contributed by atoms with E-state index >= 15 is 0 Å². The largest absolute Gasteiger partial charge is 0.486 e. The molecule has 2 aromatic carbocycles. The van der Waals surface area contributed by atoms with Gasteiger partial charge in [0.2, 0.25) is 0 Å². The maximum Gasteiger partial charge on any atom is 0.435 e. The van der Waals surface area contributed by atoms with E-state index in [1.54, 1.807) is 50.2 Å². The number of aromatic nitrogens is 2. The summed E-state index contributed by atoms with van der Waals surface area (Å²) < 4.78 is 46.4. The molecule has 1 unspecified atom stereocenters. The van der Waals surface area contributed by atoms with Crippen LogP contribution in [0.25, 0.3) is 5.69 Å². The van der Waals surface area contributed by atoms with E-state index in [-0.39, 0.29) is 25.0 Å². The smallest absolute Gasteiger partial charge is 0.435 e. The summed E-state index contributed by atoms with van der Waals surface area (Å²) >= 11 is 0. The second kappa shape index (κ2) is 11.3. The summed E-state index contributed by atoms with van der Waals surface area (Å²) in [6.07, 6.45) is -2.14. The molecule has 1 aromatic heterocycles. The summed E-state index contributed by atoms with van der Waals surface area (Å²) in [6, 6.07) is 11.4. The summed E-state index contributed by atoms with van der Waals surface area (Å²) in [4.78, 5) is 22.8. The SMILES string of the molecule is CCCC(Oc1cc(C)c(-n2ccc(C(F)(F)F)n2)c(C)c1)c1ccc(C(=O)NCCC(=O)O)cc1. The first kappa shape index (κ1) is 26.8. The van der Waals surface area contributed by atoms with Crippen LogP contribution >= 0.6 is 0 Å². The zero-order valence-electron chi connectivity index (χ0n) is 20.2. The van der Waals surface area contributed by atoms with Gasteiger partial charge in [-0.25, -0.2) is 4.68 Å². The van der Waals surface area contributed by atoms with Gasteiger partial charge in [0, 0.05) is 18.3 Å². The van der Waals surface area contributed by atoms with Crippen LogP contribution < -0.4 is 10.1 Å². The molecule has 1 atom stereocenters. The van der Waals surface area contributed by atoms with E-state index < -0.39 is 17.8 Å². The van der Waals surface area contributed by atoms with E-state index in [2.05, 4.69) is 10.4 Å². The van der Waals surface area contributed by atoms with Crippen LogP contribution in [0.5, 0.6) is 5.75 Å². The fraction of sp³-hybridized carbons (Fsp3) is 0.346. The van der Waals surface area contributed by atoms with E-state index in [0.29, 0.717) is 34.5 Å². The van der Waals surface area contributed by atoms with Gasteiger partial charge < -0.3 is 15.2 Å². The molecule has 36 heavy (non-hydrogen) atoms. The molecule has 0 saturated heterocycles. The van der Waals surface area contributed by atoms with Gasteiger partial charge in [0.15, 0.2) is 5.69 Å². The fourth-order valence-corrected chi connectivity index (χ4v) is 3.90. The van der Waals surface area contributed by atoms with Gasteiger partial charge in [0.05, 0.1) is 12.1 Å². The molecule has 0 aliphatic rings. The molecule has 0 bridgehead atoms. The molecule has 3 rings (SSSR count). The molecule has 2 N–H and O–H groups in total. The average molecular weight is 504 g/mol. The van der Waals surface area contributed by atoms with Gasteiger partial charge in [-0.2, -0.15) is 18.3 Å². The van der Waals surface area contributed by atoms with Crippen LogP contribution in [-0.4, -0.2) is 33.3 Å². The Morgan fingerprint density at radius 2 is 1.75 bits per heavy atom. The number of rotatable bonds is 10. The highest BCUT2D eigenvalue weighted by Crippen LogP contribution is 2.32. The highest BCUT2D eigenvalue weighted by atomic mass is 19.4. The quantitative estimate of drug-likeness (QED) is 0.374. The summed E-state index contributed by atoms with van der Waals surface area (Å²) in [5.41, 5.74) is 2.30. The predicted molar refractivity (Wildman–Crippen MR) is 127 cm³/mol. The van der Waals surface area contributed by atoms with Crippen LogP contribution in [0.2, 0.25) is 0 Å². The maximum absolute atomic E-state index is 13.0. The van der Waals surface area contributed by atoms with Crippen LogP contribution in [0, 0.1) is 13.8 Å². The van der Waals surface area contributed by atoms with Crippen molar-refractivity contribution in [3.8, 4) is 11.4 Å². The molecule has 0 spiro atoms. The van der Waals surface area contributed by atoms with Crippen molar-refractivity contribution in [2.75, 3.05) is 6.54 Å². The third kappa shape index (κ3) is 6.65.